The molecule has 4 aromatic rings. The van der Waals surface area contributed by atoms with E-state index in [2.05, 4.69) is 26.2 Å². The summed E-state index contributed by atoms with van der Waals surface area (Å²) >= 11 is 3.38. The molecule has 5 rings (SSSR count). The van der Waals surface area contributed by atoms with E-state index < -0.39 is 0 Å². The van der Waals surface area contributed by atoms with Crippen molar-refractivity contribution < 1.29 is 18.7 Å². The molecule has 2 amide bonds. The standard InChI is InChI=1S/C23H16BrN3O4/c24-15-7-10-18-20(11-15)30-13-22(29)27(18)12-21(28)25-16-8-5-14(6-9-16)23-26-17-3-1-2-4-19(17)31-23/h1-11H,12-13H2,(H,25,28). The third kappa shape index (κ3) is 3.89. The van der Waals surface area contributed by atoms with Gasteiger partial charge in [-0.25, -0.2) is 4.98 Å². The second kappa shape index (κ2) is 7.88. The fourth-order valence-corrected chi connectivity index (χ4v) is 3.73. The van der Waals surface area contributed by atoms with Crippen LogP contribution in [0, 0.1) is 0 Å². The molecule has 0 aliphatic carbocycles. The second-order valence-corrected chi connectivity index (χ2v) is 7.91. The number of hydrogen-bond acceptors (Lipinski definition) is 5. The Hall–Kier alpha value is -3.65. The largest absolute Gasteiger partial charge is 0.482 e. The molecule has 1 aromatic heterocycles. The Morgan fingerprint density at radius 3 is 2.71 bits per heavy atom. The van der Waals surface area contributed by atoms with Gasteiger partial charge in [-0.1, -0.05) is 28.1 Å². The molecule has 1 aliphatic rings. The van der Waals surface area contributed by atoms with E-state index in [0.717, 1.165) is 21.1 Å². The number of aromatic nitrogens is 1. The van der Waals surface area contributed by atoms with E-state index in [1.807, 2.05) is 36.4 Å². The molecule has 0 atom stereocenters. The minimum absolute atomic E-state index is 0.101. The summed E-state index contributed by atoms with van der Waals surface area (Å²) in [4.78, 5) is 30.8. The number of nitrogens with zero attached hydrogens (tertiary/aromatic N) is 2. The van der Waals surface area contributed by atoms with Crippen LogP contribution in [-0.2, 0) is 9.59 Å². The number of benzene rings is 3. The summed E-state index contributed by atoms with van der Waals surface area (Å²) in [5.41, 5.74) is 3.49. The fourth-order valence-electron chi connectivity index (χ4n) is 3.39. The Balaban J connectivity index is 1.29. The molecule has 7 nitrogen and oxygen atoms in total. The van der Waals surface area contributed by atoms with E-state index in [4.69, 9.17) is 9.15 Å². The maximum atomic E-state index is 12.6. The molecule has 0 unspecified atom stereocenters. The third-order valence-corrected chi connectivity index (χ3v) is 5.37. The van der Waals surface area contributed by atoms with Crippen LogP contribution in [0.2, 0.25) is 0 Å². The monoisotopic (exact) mass is 477 g/mol. The van der Waals surface area contributed by atoms with Crippen LogP contribution in [0.5, 0.6) is 5.75 Å². The SMILES string of the molecule is O=C(CN1C(=O)COc2cc(Br)ccc21)Nc1ccc(-c2nc3ccccc3o2)cc1. The minimum atomic E-state index is -0.307. The predicted octanol–water partition coefficient (Wildman–Crippen LogP) is 4.62. The van der Waals surface area contributed by atoms with Crippen LogP contribution < -0.4 is 15.0 Å². The van der Waals surface area contributed by atoms with Crippen LogP contribution >= 0.6 is 15.9 Å². The van der Waals surface area contributed by atoms with Gasteiger partial charge in [-0.3, -0.25) is 14.5 Å². The van der Waals surface area contributed by atoms with Crippen LogP contribution in [0.3, 0.4) is 0 Å². The lowest BCUT2D eigenvalue weighted by molar-refractivity contribution is -0.123. The van der Waals surface area contributed by atoms with E-state index in [1.54, 1.807) is 30.3 Å². The van der Waals surface area contributed by atoms with Crippen molar-refractivity contribution in [2.45, 2.75) is 0 Å². The summed E-state index contributed by atoms with van der Waals surface area (Å²) in [6.45, 7) is -0.209. The number of rotatable bonds is 4. The highest BCUT2D eigenvalue weighted by Crippen LogP contribution is 2.34. The van der Waals surface area contributed by atoms with Gasteiger partial charge in [0.25, 0.3) is 5.91 Å². The first-order valence-corrected chi connectivity index (χ1v) is 10.3. The Kier molecular flexibility index (Phi) is 4.91. The zero-order valence-electron chi connectivity index (χ0n) is 16.2. The van der Waals surface area contributed by atoms with Gasteiger partial charge in [0.05, 0.1) is 5.69 Å². The van der Waals surface area contributed by atoms with Crippen molar-refractivity contribution in [1.29, 1.82) is 0 Å². The predicted molar refractivity (Wildman–Crippen MR) is 120 cm³/mol. The van der Waals surface area contributed by atoms with Crippen LogP contribution in [0.25, 0.3) is 22.6 Å². The summed E-state index contributed by atoms with van der Waals surface area (Å²) < 4.78 is 12.1. The topological polar surface area (TPSA) is 84.7 Å². The van der Waals surface area contributed by atoms with Crippen molar-refractivity contribution in [3.8, 4) is 17.2 Å². The highest BCUT2D eigenvalue weighted by Gasteiger charge is 2.27. The van der Waals surface area contributed by atoms with Gasteiger partial charge in [0.15, 0.2) is 12.2 Å². The molecule has 0 spiro atoms. The van der Waals surface area contributed by atoms with E-state index in [9.17, 15) is 9.59 Å². The van der Waals surface area contributed by atoms with E-state index in [1.165, 1.54) is 4.90 Å². The fraction of sp³-hybridized carbons (Fsp3) is 0.0870. The Labute approximate surface area is 185 Å². The first-order chi connectivity index (χ1) is 15.1. The summed E-state index contributed by atoms with van der Waals surface area (Å²) in [5.74, 6) is 0.500. The quantitative estimate of drug-likeness (QED) is 0.463. The summed E-state index contributed by atoms with van der Waals surface area (Å²) in [6, 6.07) is 20.1. The van der Waals surface area contributed by atoms with Crippen molar-refractivity contribution in [3.05, 3.63) is 71.2 Å². The van der Waals surface area contributed by atoms with Crippen molar-refractivity contribution >= 4 is 50.2 Å². The van der Waals surface area contributed by atoms with Crippen molar-refractivity contribution in [3.63, 3.8) is 0 Å². The number of amides is 2. The van der Waals surface area contributed by atoms with E-state index in [-0.39, 0.29) is 25.0 Å². The number of hydrogen-bond donors (Lipinski definition) is 1. The highest BCUT2D eigenvalue weighted by molar-refractivity contribution is 9.10. The van der Waals surface area contributed by atoms with Gasteiger partial charge in [0.2, 0.25) is 11.8 Å². The average Bonchev–Trinajstić information content (AvgIpc) is 3.20. The number of ether oxygens (including phenoxy) is 1. The Bertz CT molecular complexity index is 1270. The van der Waals surface area contributed by atoms with Gasteiger partial charge in [-0.05, 0) is 54.6 Å². The molecule has 1 aliphatic heterocycles. The van der Waals surface area contributed by atoms with Gasteiger partial charge in [0, 0.05) is 15.7 Å². The molecular formula is C23H16BrN3O4. The first-order valence-electron chi connectivity index (χ1n) is 9.55. The van der Waals surface area contributed by atoms with Crippen molar-refractivity contribution in [1.82, 2.24) is 4.98 Å². The zero-order valence-corrected chi connectivity index (χ0v) is 17.8. The molecule has 0 saturated heterocycles. The number of oxazole rings is 1. The molecular weight excluding hydrogens is 462 g/mol. The zero-order chi connectivity index (χ0) is 21.4. The minimum Gasteiger partial charge on any atom is -0.482 e. The van der Waals surface area contributed by atoms with Gasteiger partial charge < -0.3 is 14.5 Å². The molecule has 154 valence electrons. The molecule has 0 saturated carbocycles. The Morgan fingerprint density at radius 2 is 1.90 bits per heavy atom. The maximum absolute atomic E-state index is 12.6. The number of halogens is 1. The lowest BCUT2D eigenvalue weighted by Gasteiger charge is -2.29. The average molecular weight is 478 g/mol. The molecule has 3 aromatic carbocycles. The number of fused-ring (bicyclic) bond motifs is 2. The summed E-state index contributed by atoms with van der Waals surface area (Å²) in [7, 11) is 0. The van der Waals surface area contributed by atoms with Crippen molar-refractivity contribution in [2.24, 2.45) is 0 Å². The van der Waals surface area contributed by atoms with Crippen LogP contribution in [0.1, 0.15) is 0 Å². The van der Waals surface area contributed by atoms with Gasteiger partial charge >= 0.3 is 0 Å². The smallest absolute Gasteiger partial charge is 0.265 e. The van der Waals surface area contributed by atoms with E-state index >= 15 is 0 Å². The summed E-state index contributed by atoms with van der Waals surface area (Å²) in [6.07, 6.45) is 0. The van der Waals surface area contributed by atoms with Gasteiger partial charge in [-0.2, -0.15) is 0 Å². The molecule has 8 heteroatoms. The molecule has 31 heavy (non-hydrogen) atoms. The van der Waals surface area contributed by atoms with Gasteiger partial charge in [-0.15, -0.1) is 0 Å². The highest BCUT2D eigenvalue weighted by atomic mass is 79.9. The van der Waals surface area contributed by atoms with Gasteiger partial charge in [0.1, 0.15) is 17.8 Å². The summed E-state index contributed by atoms with van der Waals surface area (Å²) in [5, 5.41) is 2.82. The van der Waals surface area contributed by atoms with E-state index in [0.29, 0.717) is 23.0 Å². The maximum Gasteiger partial charge on any atom is 0.265 e. The van der Waals surface area contributed by atoms with Crippen LogP contribution in [-0.4, -0.2) is 29.9 Å². The number of nitrogens with one attached hydrogen (secondary N) is 1. The normalized spacial score (nSPS) is 13.1. The molecule has 2 heterocycles. The Morgan fingerprint density at radius 1 is 1.10 bits per heavy atom. The number of anilines is 2. The molecule has 0 radical (unpaired) electrons. The first kappa shape index (κ1) is 19.3. The lowest BCUT2D eigenvalue weighted by atomic mass is 10.2. The number of carbonyl (C=O) groups is 2. The second-order valence-electron chi connectivity index (χ2n) is 6.99. The third-order valence-electron chi connectivity index (χ3n) is 4.88. The van der Waals surface area contributed by atoms with Crippen LogP contribution in [0.15, 0.2) is 75.6 Å². The number of carbonyl (C=O) groups excluding carboxylic acids is 2. The molecule has 0 bridgehead atoms. The van der Waals surface area contributed by atoms with Crippen molar-refractivity contribution in [2.75, 3.05) is 23.4 Å². The molecule has 0 fully saturated rings. The lowest BCUT2D eigenvalue weighted by Crippen LogP contribution is -2.43. The number of para-hydroxylation sites is 2. The van der Waals surface area contributed by atoms with Crippen LogP contribution in [0.4, 0.5) is 11.4 Å². The molecule has 1 N–H and O–H groups in total.